The molecule has 2 aromatic rings. The molecule has 138 valence electrons. The van der Waals surface area contributed by atoms with Gasteiger partial charge in [-0.2, -0.15) is 0 Å². The summed E-state index contributed by atoms with van der Waals surface area (Å²) >= 11 is 0. The highest BCUT2D eigenvalue weighted by molar-refractivity contribution is 6.06. The van der Waals surface area contributed by atoms with Gasteiger partial charge in [0.25, 0.3) is 11.8 Å². The third-order valence-electron chi connectivity index (χ3n) is 4.27. The molecule has 2 rings (SSSR count). The number of rotatable bonds is 8. The third kappa shape index (κ3) is 5.19. The van der Waals surface area contributed by atoms with E-state index in [-0.39, 0.29) is 11.8 Å². The van der Waals surface area contributed by atoms with Gasteiger partial charge < -0.3 is 10.2 Å². The number of hydrogen-bond donors (Lipinski definition) is 1. The standard InChI is InChI=1S/C22H28N2O2/c1-4-14-24(15-5-2)22(26)19-9-7-8-18(16-19)21(25)23-20-12-10-17(6-3)11-13-20/h7-13,16H,4-6,14-15H2,1-3H3,(H,23,25). The summed E-state index contributed by atoms with van der Waals surface area (Å²) in [6.45, 7) is 7.67. The molecule has 26 heavy (non-hydrogen) atoms. The lowest BCUT2D eigenvalue weighted by molar-refractivity contribution is 0.0755. The van der Waals surface area contributed by atoms with Gasteiger partial charge in [0.1, 0.15) is 0 Å². The Hall–Kier alpha value is -2.62. The number of carbonyl (C=O) groups is 2. The number of hydrogen-bond acceptors (Lipinski definition) is 2. The minimum absolute atomic E-state index is 0.0179. The van der Waals surface area contributed by atoms with Crippen LogP contribution in [0, 0.1) is 0 Å². The first-order chi connectivity index (χ1) is 12.6. The fourth-order valence-electron chi connectivity index (χ4n) is 2.86. The number of amides is 2. The normalized spacial score (nSPS) is 10.4. The van der Waals surface area contributed by atoms with Crippen LogP contribution in [-0.4, -0.2) is 29.8 Å². The van der Waals surface area contributed by atoms with Gasteiger partial charge in [-0.05, 0) is 55.2 Å². The van der Waals surface area contributed by atoms with Crippen LogP contribution in [0.2, 0.25) is 0 Å². The Bertz CT molecular complexity index is 732. The van der Waals surface area contributed by atoms with Crippen molar-refractivity contribution in [2.24, 2.45) is 0 Å². The van der Waals surface area contributed by atoms with E-state index in [9.17, 15) is 9.59 Å². The van der Waals surface area contributed by atoms with Crippen LogP contribution in [0.3, 0.4) is 0 Å². The van der Waals surface area contributed by atoms with Crippen molar-refractivity contribution in [3.63, 3.8) is 0 Å². The Kier molecular flexibility index (Phi) is 7.39. The average molecular weight is 352 g/mol. The number of nitrogens with zero attached hydrogens (tertiary/aromatic N) is 1. The summed E-state index contributed by atoms with van der Waals surface area (Å²) in [5, 5.41) is 2.89. The van der Waals surface area contributed by atoms with Gasteiger partial charge in [0.05, 0.1) is 0 Å². The van der Waals surface area contributed by atoms with Crippen molar-refractivity contribution < 1.29 is 9.59 Å². The monoisotopic (exact) mass is 352 g/mol. The molecule has 0 bridgehead atoms. The van der Waals surface area contributed by atoms with E-state index in [1.165, 1.54) is 5.56 Å². The Balaban J connectivity index is 2.13. The Labute approximate surface area is 156 Å². The number of aryl methyl sites for hydroxylation is 1. The van der Waals surface area contributed by atoms with Crippen molar-refractivity contribution in [3.8, 4) is 0 Å². The van der Waals surface area contributed by atoms with E-state index in [2.05, 4.69) is 26.1 Å². The van der Waals surface area contributed by atoms with Crippen LogP contribution in [-0.2, 0) is 6.42 Å². The smallest absolute Gasteiger partial charge is 0.255 e. The second-order valence-electron chi connectivity index (χ2n) is 6.38. The number of nitrogens with one attached hydrogen (secondary N) is 1. The van der Waals surface area contributed by atoms with Crippen molar-refractivity contribution >= 4 is 17.5 Å². The lowest BCUT2D eigenvalue weighted by Gasteiger charge is -2.21. The highest BCUT2D eigenvalue weighted by atomic mass is 16.2. The second kappa shape index (κ2) is 9.76. The van der Waals surface area contributed by atoms with Crippen LogP contribution in [0.1, 0.15) is 59.9 Å². The zero-order valence-electron chi connectivity index (χ0n) is 15.9. The lowest BCUT2D eigenvalue weighted by atomic mass is 10.1. The predicted octanol–water partition coefficient (Wildman–Crippen LogP) is 4.76. The Morgan fingerprint density at radius 2 is 1.50 bits per heavy atom. The minimum Gasteiger partial charge on any atom is -0.339 e. The van der Waals surface area contributed by atoms with E-state index in [0.717, 1.165) is 38.0 Å². The SMILES string of the molecule is CCCN(CCC)C(=O)c1cccc(C(=O)Nc2ccc(CC)cc2)c1. The average Bonchev–Trinajstić information content (AvgIpc) is 2.68. The van der Waals surface area contributed by atoms with Crippen molar-refractivity contribution in [2.75, 3.05) is 18.4 Å². The van der Waals surface area contributed by atoms with Gasteiger partial charge in [0, 0.05) is 29.9 Å². The first-order valence-electron chi connectivity index (χ1n) is 9.38. The molecule has 0 unspecified atom stereocenters. The lowest BCUT2D eigenvalue weighted by Crippen LogP contribution is -2.32. The molecule has 0 radical (unpaired) electrons. The number of carbonyl (C=O) groups excluding carboxylic acids is 2. The van der Waals surface area contributed by atoms with Crippen molar-refractivity contribution in [1.29, 1.82) is 0 Å². The summed E-state index contributed by atoms with van der Waals surface area (Å²) in [5.74, 6) is -0.225. The van der Waals surface area contributed by atoms with E-state index in [4.69, 9.17) is 0 Å². The largest absolute Gasteiger partial charge is 0.339 e. The molecule has 0 fully saturated rings. The number of anilines is 1. The summed E-state index contributed by atoms with van der Waals surface area (Å²) in [4.78, 5) is 27.1. The quantitative estimate of drug-likeness (QED) is 0.744. The van der Waals surface area contributed by atoms with Gasteiger partial charge in [0.2, 0.25) is 0 Å². The molecule has 0 aliphatic heterocycles. The third-order valence-corrected chi connectivity index (χ3v) is 4.27. The fraction of sp³-hybridized carbons (Fsp3) is 0.364. The van der Waals surface area contributed by atoms with Gasteiger partial charge >= 0.3 is 0 Å². The van der Waals surface area contributed by atoms with E-state index in [1.807, 2.05) is 29.2 Å². The van der Waals surface area contributed by atoms with Crippen molar-refractivity contribution in [2.45, 2.75) is 40.0 Å². The predicted molar refractivity (Wildman–Crippen MR) is 107 cm³/mol. The Morgan fingerprint density at radius 3 is 2.08 bits per heavy atom. The molecule has 2 amide bonds. The van der Waals surface area contributed by atoms with Crippen LogP contribution in [0.4, 0.5) is 5.69 Å². The van der Waals surface area contributed by atoms with Gasteiger partial charge in [-0.1, -0.05) is 39.0 Å². The molecule has 0 saturated heterocycles. The van der Waals surface area contributed by atoms with Gasteiger partial charge in [-0.25, -0.2) is 0 Å². The maximum Gasteiger partial charge on any atom is 0.255 e. The molecule has 1 N–H and O–H groups in total. The molecule has 0 heterocycles. The van der Waals surface area contributed by atoms with E-state index >= 15 is 0 Å². The van der Waals surface area contributed by atoms with Gasteiger partial charge in [-0.15, -0.1) is 0 Å². The van der Waals surface area contributed by atoms with Crippen molar-refractivity contribution in [1.82, 2.24) is 4.90 Å². The first kappa shape index (κ1) is 19.7. The van der Waals surface area contributed by atoms with Crippen molar-refractivity contribution in [3.05, 3.63) is 65.2 Å². The zero-order valence-corrected chi connectivity index (χ0v) is 15.9. The van der Waals surface area contributed by atoms with Gasteiger partial charge in [-0.3, -0.25) is 9.59 Å². The van der Waals surface area contributed by atoms with E-state index in [1.54, 1.807) is 24.3 Å². The van der Waals surface area contributed by atoms with Crippen LogP contribution in [0.15, 0.2) is 48.5 Å². The van der Waals surface area contributed by atoms with E-state index < -0.39 is 0 Å². The molecule has 0 aromatic heterocycles. The summed E-state index contributed by atoms with van der Waals surface area (Å²) in [7, 11) is 0. The molecule has 0 aliphatic carbocycles. The molecule has 2 aromatic carbocycles. The summed E-state index contributed by atoms with van der Waals surface area (Å²) in [5.41, 5.74) is 3.02. The van der Waals surface area contributed by atoms with Gasteiger partial charge in [0.15, 0.2) is 0 Å². The van der Waals surface area contributed by atoms with Crippen LogP contribution < -0.4 is 5.32 Å². The van der Waals surface area contributed by atoms with Crippen LogP contribution in [0.25, 0.3) is 0 Å². The van der Waals surface area contributed by atoms with E-state index in [0.29, 0.717) is 11.1 Å². The summed E-state index contributed by atoms with van der Waals surface area (Å²) in [6, 6.07) is 14.7. The van der Waals surface area contributed by atoms with Crippen LogP contribution >= 0.6 is 0 Å². The van der Waals surface area contributed by atoms with Crippen LogP contribution in [0.5, 0.6) is 0 Å². The molecule has 0 aliphatic rings. The molecule has 0 saturated carbocycles. The topological polar surface area (TPSA) is 49.4 Å². The molecular weight excluding hydrogens is 324 g/mol. The first-order valence-corrected chi connectivity index (χ1v) is 9.38. The molecule has 4 heteroatoms. The molecule has 0 atom stereocenters. The maximum atomic E-state index is 12.7. The molecular formula is C22H28N2O2. The molecule has 0 spiro atoms. The minimum atomic E-state index is -0.207. The number of benzene rings is 2. The fourth-order valence-corrected chi connectivity index (χ4v) is 2.86. The maximum absolute atomic E-state index is 12.7. The highest BCUT2D eigenvalue weighted by Crippen LogP contribution is 2.14. The second-order valence-corrected chi connectivity index (χ2v) is 6.38. The zero-order chi connectivity index (χ0) is 18.9. The summed E-state index contributed by atoms with van der Waals surface area (Å²) in [6.07, 6.45) is 2.80. The highest BCUT2D eigenvalue weighted by Gasteiger charge is 2.16. The Morgan fingerprint density at radius 1 is 0.885 bits per heavy atom. The molecule has 4 nitrogen and oxygen atoms in total. The summed E-state index contributed by atoms with van der Waals surface area (Å²) < 4.78 is 0.